The molecule has 0 radical (unpaired) electrons. The van der Waals surface area contributed by atoms with Crippen LogP contribution in [0, 0.1) is 20.8 Å². The number of phenolic OH excluding ortho intramolecular Hbond substituents is 1. The molecule has 32 heavy (non-hydrogen) atoms. The first-order valence-corrected chi connectivity index (χ1v) is 11.1. The standard InChI is InChI=1S/C17H26N2O7.3C2H6/c1-8-13(16(25)18-11(4-20)5-21)9(2)15(24)10(3)14(8)17(26)19-12(6-22)7-23;3*1-2/h11-12,20-24H,4-7H2,1-3H3,(H,18,25)(H,19,26);3*1-2H3. The zero-order valence-corrected chi connectivity index (χ0v) is 21.0. The molecule has 9 nitrogen and oxygen atoms in total. The highest BCUT2D eigenvalue weighted by Gasteiger charge is 2.26. The van der Waals surface area contributed by atoms with Crippen LogP contribution in [0.1, 0.15) is 78.9 Å². The number of nitrogens with one attached hydrogen (secondary N) is 2. The van der Waals surface area contributed by atoms with Gasteiger partial charge in [0.05, 0.1) is 38.5 Å². The minimum Gasteiger partial charge on any atom is -0.507 e. The van der Waals surface area contributed by atoms with E-state index in [1.165, 1.54) is 20.8 Å². The number of aliphatic hydroxyl groups excluding tert-OH is 4. The van der Waals surface area contributed by atoms with E-state index in [4.69, 9.17) is 20.4 Å². The third-order valence-corrected chi connectivity index (χ3v) is 4.22. The van der Waals surface area contributed by atoms with Crippen LogP contribution >= 0.6 is 0 Å². The summed E-state index contributed by atoms with van der Waals surface area (Å²) in [5, 5.41) is 51.7. The highest BCUT2D eigenvalue weighted by molar-refractivity contribution is 6.05. The van der Waals surface area contributed by atoms with Crippen LogP contribution in [0.25, 0.3) is 0 Å². The van der Waals surface area contributed by atoms with Crippen LogP contribution < -0.4 is 10.6 Å². The summed E-state index contributed by atoms with van der Waals surface area (Å²) in [7, 11) is 0. The van der Waals surface area contributed by atoms with Gasteiger partial charge in [-0.2, -0.15) is 0 Å². The molecule has 0 fully saturated rings. The van der Waals surface area contributed by atoms with Crippen LogP contribution in [-0.4, -0.2) is 75.9 Å². The van der Waals surface area contributed by atoms with Crippen molar-refractivity contribution in [2.24, 2.45) is 0 Å². The number of hydrogen-bond acceptors (Lipinski definition) is 7. The Balaban J connectivity index is -0.00000129. The number of hydrogen-bond donors (Lipinski definition) is 7. The van der Waals surface area contributed by atoms with E-state index in [0.717, 1.165) is 0 Å². The second kappa shape index (κ2) is 19.5. The van der Waals surface area contributed by atoms with Gasteiger partial charge in [-0.1, -0.05) is 41.5 Å². The fourth-order valence-electron chi connectivity index (χ4n) is 2.70. The van der Waals surface area contributed by atoms with E-state index in [-0.39, 0.29) is 33.6 Å². The summed E-state index contributed by atoms with van der Waals surface area (Å²) in [4.78, 5) is 25.1. The quantitative estimate of drug-likeness (QED) is 0.310. The molecule has 0 atom stereocenters. The van der Waals surface area contributed by atoms with E-state index in [1.54, 1.807) is 0 Å². The lowest BCUT2D eigenvalue weighted by Crippen LogP contribution is -2.42. The normalized spacial score (nSPS) is 9.59. The van der Waals surface area contributed by atoms with Gasteiger partial charge in [-0.3, -0.25) is 9.59 Å². The number of aromatic hydroxyl groups is 1. The van der Waals surface area contributed by atoms with E-state index in [2.05, 4.69) is 10.6 Å². The van der Waals surface area contributed by atoms with Crippen molar-refractivity contribution in [3.63, 3.8) is 0 Å². The number of phenols is 1. The van der Waals surface area contributed by atoms with Crippen LogP contribution in [0.2, 0.25) is 0 Å². The largest absolute Gasteiger partial charge is 0.507 e. The molecule has 1 aromatic carbocycles. The Bertz CT molecular complexity index is 618. The molecule has 188 valence electrons. The average Bonchev–Trinajstić information content (AvgIpc) is 2.83. The lowest BCUT2D eigenvalue weighted by Gasteiger charge is -2.21. The number of aliphatic hydroxyl groups is 4. The molecule has 0 saturated heterocycles. The maximum absolute atomic E-state index is 12.5. The van der Waals surface area contributed by atoms with Crippen LogP contribution in [-0.2, 0) is 0 Å². The second-order valence-corrected chi connectivity index (χ2v) is 6.04. The summed E-state index contributed by atoms with van der Waals surface area (Å²) in [5.74, 6) is -1.54. The Morgan fingerprint density at radius 1 is 0.625 bits per heavy atom. The first kappa shape index (κ1) is 34.4. The topological polar surface area (TPSA) is 159 Å². The predicted octanol–water partition coefficient (Wildman–Crippen LogP) is 1.56. The van der Waals surface area contributed by atoms with Gasteiger partial charge in [0.25, 0.3) is 11.8 Å². The predicted molar refractivity (Wildman–Crippen MR) is 127 cm³/mol. The van der Waals surface area contributed by atoms with Crippen molar-refractivity contribution in [1.82, 2.24) is 10.6 Å². The summed E-state index contributed by atoms with van der Waals surface area (Å²) >= 11 is 0. The molecule has 2 amide bonds. The van der Waals surface area contributed by atoms with E-state index in [9.17, 15) is 14.7 Å². The molecular weight excluding hydrogens is 416 g/mol. The van der Waals surface area contributed by atoms with Crippen molar-refractivity contribution in [2.75, 3.05) is 26.4 Å². The molecule has 0 heterocycles. The van der Waals surface area contributed by atoms with Gasteiger partial charge < -0.3 is 36.2 Å². The Labute approximate surface area is 192 Å². The molecule has 0 aliphatic carbocycles. The third-order valence-electron chi connectivity index (χ3n) is 4.22. The molecule has 0 saturated carbocycles. The van der Waals surface area contributed by atoms with Crippen molar-refractivity contribution in [1.29, 1.82) is 0 Å². The van der Waals surface area contributed by atoms with Gasteiger partial charge in [0, 0.05) is 22.3 Å². The Morgan fingerprint density at radius 3 is 1.09 bits per heavy atom. The van der Waals surface area contributed by atoms with Gasteiger partial charge in [-0.15, -0.1) is 0 Å². The van der Waals surface area contributed by atoms with Crippen LogP contribution in [0.3, 0.4) is 0 Å². The van der Waals surface area contributed by atoms with E-state index in [1.807, 2.05) is 41.5 Å². The second-order valence-electron chi connectivity index (χ2n) is 6.04. The maximum Gasteiger partial charge on any atom is 0.252 e. The zero-order chi connectivity index (χ0) is 26.0. The molecule has 0 aliphatic heterocycles. The van der Waals surface area contributed by atoms with Gasteiger partial charge in [0.15, 0.2) is 0 Å². The van der Waals surface area contributed by atoms with Crippen molar-refractivity contribution < 1.29 is 35.1 Å². The van der Waals surface area contributed by atoms with Gasteiger partial charge in [0.1, 0.15) is 5.75 Å². The molecular formula is C23H44N2O7. The molecule has 0 bridgehead atoms. The van der Waals surface area contributed by atoms with Crippen LogP contribution in [0.5, 0.6) is 5.75 Å². The highest BCUT2D eigenvalue weighted by Crippen LogP contribution is 2.32. The fraction of sp³-hybridized carbons (Fsp3) is 0.652. The molecule has 7 N–H and O–H groups in total. The monoisotopic (exact) mass is 460 g/mol. The van der Waals surface area contributed by atoms with Crippen molar-refractivity contribution in [3.05, 3.63) is 27.8 Å². The summed E-state index contributed by atoms with van der Waals surface area (Å²) in [5.41, 5.74) is 0.899. The minimum absolute atomic E-state index is 0.0506. The lowest BCUT2D eigenvalue weighted by atomic mass is 9.91. The minimum atomic E-state index is -0.879. The van der Waals surface area contributed by atoms with Crippen molar-refractivity contribution in [3.8, 4) is 5.75 Å². The first-order valence-electron chi connectivity index (χ1n) is 11.1. The molecule has 0 aromatic heterocycles. The van der Waals surface area contributed by atoms with E-state index in [0.29, 0.717) is 0 Å². The van der Waals surface area contributed by atoms with Crippen LogP contribution in [0.4, 0.5) is 0 Å². The fourth-order valence-corrected chi connectivity index (χ4v) is 2.70. The Morgan fingerprint density at radius 2 is 0.875 bits per heavy atom. The summed E-state index contributed by atoms with van der Waals surface area (Å²) in [6.07, 6.45) is 0. The number of benzene rings is 1. The molecule has 0 unspecified atom stereocenters. The number of carbonyl (C=O) groups is 2. The number of amides is 2. The SMILES string of the molecule is CC.CC.CC.Cc1c(O)c(C)c(C(=O)NC(CO)CO)c(C)c1C(=O)NC(CO)CO. The lowest BCUT2D eigenvalue weighted by molar-refractivity contribution is 0.0874. The maximum atomic E-state index is 12.5. The first-order chi connectivity index (χ1) is 15.2. The summed E-state index contributed by atoms with van der Waals surface area (Å²) in [6.45, 7) is 14.7. The smallest absolute Gasteiger partial charge is 0.252 e. The molecule has 0 spiro atoms. The molecule has 1 rings (SSSR count). The highest BCUT2D eigenvalue weighted by atomic mass is 16.3. The zero-order valence-electron chi connectivity index (χ0n) is 21.0. The van der Waals surface area contributed by atoms with Gasteiger partial charge in [0.2, 0.25) is 0 Å². The van der Waals surface area contributed by atoms with E-state index >= 15 is 0 Å². The third kappa shape index (κ3) is 9.52. The average molecular weight is 461 g/mol. The van der Waals surface area contributed by atoms with Gasteiger partial charge >= 0.3 is 0 Å². The Hall–Kier alpha value is -2.20. The molecule has 1 aromatic rings. The van der Waals surface area contributed by atoms with Crippen LogP contribution in [0.15, 0.2) is 0 Å². The Kier molecular flexibility index (Phi) is 21.0. The van der Waals surface area contributed by atoms with Crippen molar-refractivity contribution >= 4 is 11.8 Å². The molecule has 9 heteroatoms. The number of rotatable bonds is 8. The van der Waals surface area contributed by atoms with Gasteiger partial charge in [-0.05, 0) is 26.3 Å². The number of carbonyl (C=O) groups excluding carboxylic acids is 2. The van der Waals surface area contributed by atoms with Crippen molar-refractivity contribution in [2.45, 2.75) is 74.4 Å². The summed E-state index contributed by atoms with van der Waals surface area (Å²) < 4.78 is 0. The van der Waals surface area contributed by atoms with E-state index < -0.39 is 50.3 Å². The molecule has 0 aliphatic rings. The summed E-state index contributed by atoms with van der Waals surface area (Å²) in [6, 6.07) is -1.76. The van der Waals surface area contributed by atoms with Gasteiger partial charge in [-0.25, -0.2) is 0 Å².